The summed E-state index contributed by atoms with van der Waals surface area (Å²) in [6.07, 6.45) is 11.2. The van der Waals surface area contributed by atoms with Gasteiger partial charge in [0, 0.05) is 0 Å². The third-order valence-electron chi connectivity index (χ3n) is 3.50. The summed E-state index contributed by atoms with van der Waals surface area (Å²) in [5.41, 5.74) is -0.249. The first-order valence-electron chi connectivity index (χ1n) is 5.51. The molecular formula is C11H20O. The molecule has 0 heterocycles. The second-order valence-electron chi connectivity index (χ2n) is 4.77. The highest BCUT2D eigenvalue weighted by molar-refractivity contribution is 4.85. The second kappa shape index (κ2) is 3.37. The number of aliphatic hydroxyl groups is 1. The van der Waals surface area contributed by atoms with E-state index in [4.69, 9.17) is 0 Å². The Morgan fingerprint density at radius 3 is 2.33 bits per heavy atom. The highest BCUT2D eigenvalue weighted by Crippen LogP contribution is 2.39. The third kappa shape index (κ3) is 2.22. The third-order valence-corrected chi connectivity index (χ3v) is 3.50. The summed E-state index contributed by atoms with van der Waals surface area (Å²) >= 11 is 0. The minimum atomic E-state index is -0.249. The fraction of sp³-hybridized carbons (Fsp3) is 1.00. The van der Waals surface area contributed by atoms with Crippen molar-refractivity contribution in [2.45, 2.75) is 63.4 Å². The molecule has 0 saturated heterocycles. The van der Waals surface area contributed by atoms with E-state index in [0.717, 1.165) is 25.2 Å². The summed E-state index contributed by atoms with van der Waals surface area (Å²) in [6.45, 7) is 0. The van der Waals surface area contributed by atoms with Crippen LogP contribution in [0.4, 0.5) is 0 Å². The van der Waals surface area contributed by atoms with Crippen LogP contribution >= 0.6 is 0 Å². The molecule has 0 bridgehead atoms. The average Bonchev–Trinajstić information content (AvgIpc) is 2.85. The van der Waals surface area contributed by atoms with Crippen LogP contribution in [0.15, 0.2) is 0 Å². The van der Waals surface area contributed by atoms with E-state index in [0.29, 0.717) is 0 Å². The first-order valence-corrected chi connectivity index (χ1v) is 5.51. The van der Waals surface area contributed by atoms with Crippen LogP contribution in [0, 0.1) is 5.92 Å². The van der Waals surface area contributed by atoms with Gasteiger partial charge in [-0.1, -0.05) is 32.1 Å². The Bertz CT molecular complexity index is 143. The SMILES string of the molecule is OC1(CCC2CC2)CCCCC1. The molecule has 2 fully saturated rings. The molecule has 0 spiro atoms. The molecule has 0 radical (unpaired) electrons. The summed E-state index contributed by atoms with van der Waals surface area (Å²) < 4.78 is 0. The van der Waals surface area contributed by atoms with Crippen molar-refractivity contribution in [1.29, 1.82) is 0 Å². The van der Waals surface area contributed by atoms with E-state index < -0.39 is 0 Å². The van der Waals surface area contributed by atoms with Gasteiger partial charge in [-0.15, -0.1) is 0 Å². The van der Waals surface area contributed by atoms with Crippen molar-refractivity contribution in [2.24, 2.45) is 5.92 Å². The Hall–Kier alpha value is -0.0400. The van der Waals surface area contributed by atoms with E-state index in [2.05, 4.69) is 0 Å². The zero-order valence-electron chi connectivity index (χ0n) is 7.89. The van der Waals surface area contributed by atoms with Crippen molar-refractivity contribution in [2.75, 3.05) is 0 Å². The lowest BCUT2D eigenvalue weighted by Gasteiger charge is -2.32. The van der Waals surface area contributed by atoms with Gasteiger partial charge in [-0.2, -0.15) is 0 Å². The van der Waals surface area contributed by atoms with Crippen LogP contribution in [0.3, 0.4) is 0 Å². The zero-order valence-corrected chi connectivity index (χ0v) is 7.89. The smallest absolute Gasteiger partial charge is 0.0648 e. The monoisotopic (exact) mass is 168 g/mol. The first kappa shape index (κ1) is 8.55. The lowest BCUT2D eigenvalue weighted by molar-refractivity contribution is -0.00656. The molecule has 0 aromatic carbocycles. The van der Waals surface area contributed by atoms with Crippen molar-refractivity contribution in [3.63, 3.8) is 0 Å². The maximum atomic E-state index is 10.1. The number of hydrogen-bond acceptors (Lipinski definition) is 1. The van der Waals surface area contributed by atoms with Gasteiger partial charge in [0.05, 0.1) is 5.60 Å². The average molecular weight is 168 g/mol. The molecule has 70 valence electrons. The number of rotatable bonds is 3. The molecule has 1 nitrogen and oxygen atoms in total. The Morgan fingerprint density at radius 1 is 1.08 bits per heavy atom. The van der Waals surface area contributed by atoms with Crippen molar-refractivity contribution >= 4 is 0 Å². The molecule has 0 amide bonds. The lowest BCUT2D eigenvalue weighted by Crippen LogP contribution is -2.31. The molecule has 0 aromatic heterocycles. The van der Waals surface area contributed by atoms with Gasteiger partial charge < -0.3 is 5.11 Å². The standard InChI is InChI=1S/C11H20O/c12-11(7-2-1-3-8-11)9-6-10-4-5-10/h10,12H,1-9H2. The molecule has 1 N–H and O–H groups in total. The van der Waals surface area contributed by atoms with E-state index >= 15 is 0 Å². The molecular weight excluding hydrogens is 148 g/mol. The second-order valence-corrected chi connectivity index (χ2v) is 4.77. The van der Waals surface area contributed by atoms with Gasteiger partial charge in [0.2, 0.25) is 0 Å². The summed E-state index contributed by atoms with van der Waals surface area (Å²) in [6, 6.07) is 0. The van der Waals surface area contributed by atoms with Gasteiger partial charge in [0.25, 0.3) is 0 Å². The fourth-order valence-electron chi connectivity index (χ4n) is 2.34. The highest BCUT2D eigenvalue weighted by Gasteiger charge is 2.31. The lowest BCUT2D eigenvalue weighted by atomic mass is 9.81. The molecule has 0 aliphatic heterocycles. The normalized spacial score (nSPS) is 28.8. The Morgan fingerprint density at radius 2 is 1.75 bits per heavy atom. The van der Waals surface area contributed by atoms with E-state index in [-0.39, 0.29) is 5.60 Å². The van der Waals surface area contributed by atoms with Crippen LogP contribution in [-0.2, 0) is 0 Å². The highest BCUT2D eigenvalue weighted by atomic mass is 16.3. The molecule has 2 aliphatic carbocycles. The minimum absolute atomic E-state index is 0.249. The minimum Gasteiger partial charge on any atom is -0.390 e. The van der Waals surface area contributed by atoms with Gasteiger partial charge in [0.1, 0.15) is 0 Å². The van der Waals surface area contributed by atoms with Crippen molar-refractivity contribution in [3.05, 3.63) is 0 Å². The van der Waals surface area contributed by atoms with Crippen LogP contribution in [0.25, 0.3) is 0 Å². The van der Waals surface area contributed by atoms with Crippen LogP contribution in [0.1, 0.15) is 57.8 Å². The van der Waals surface area contributed by atoms with E-state index in [9.17, 15) is 5.11 Å². The Labute approximate surface area is 75.2 Å². The summed E-state index contributed by atoms with van der Waals surface area (Å²) in [4.78, 5) is 0. The first-order chi connectivity index (χ1) is 5.79. The zero-order chi connectivity index (χ0) is 8.44. The predicted octanol–water partition coefficient (Wildman–Crippen LogP) is 2.87. The van der Waals surface area contributed by atoms with Crippen molar-refractivity contribution in [1.82, 2.24) is 0 Å². The molecule has 12 heavy (non-hydrogen) atoms. The maximum absolute atomic E-state index is 10.1. The van der Waals surface area contributed by atoms with Gasteiger partial charge >= 0.3 is 0 Å². The Kier molecular flexibility index (Phi) is 2.40. The Balaban J connectivity index is 1.73. The molecule has 2 rings (SSSR count). The quantitative estimate of drug-likeness (QED) is 0.687. The summed E-state index contributed by atoms with van der Waals surface area (Å²) in [5.74, 6) is 0.982. The molecule has 0 atom stereocenters. The van der Waals surface area contributed by atoms with E-state index in [1.807, 2.05) is 0 Å². The molecule has 2 aliphatic rings. The van der Waals surface area contributed by atoms with E-state index in [1.165, 1.54) is 38.5 Å². The molecule has 0 aromatic rings. The summed E-state index contributed by atoms with van der Waals surface area (Å²) in [7, 11) is 0. The van der Waals surface area contributed by atoms with Crippen LogP contribution in [0.5, 0.6) is 0 Å². The van der Waals surface area contributed by atoms with Gasteiger partial charge in [-0.25, -0.2) is 0 Å². The van der Waals surface area contributed by atoms with Crippen molar-refractivity contribution in [3.8, 4) is 0 Å². The largest absolute Gasteiger partial charge is 0.390 e. The van der Waals surface area contributed by atoms with Crippen LogP contribution in [0.2, 0.25) is 0 Å². The molecule has 2 saturated carbocycles. The maximum Gasteiger partial charge on any atom is 0.0648 e. The van der Waals surface area contributed by atoms with Gasteiger partial charge in [0.15, 0.2) is 0 Å². The van der Waals surface area contributed by atoms with E-state index in [1.54, 1.807) is 0 Å². The molecule has 0 unspecified atom stereocenters. The van der Waals surface area contributed by atoms with Crippen LogP contribution in [-0.4, -0.2) is 10.7 Å². The summed E-state index contributed by atoms with van der Waals surface area (Å²) in [5, 5.41) is 10.1. The molecule has 1 heteroatoms. The fourth-order valence-corrected chi connectivity index (χ4v) is 2.34. The van der Waals surface area contributed by atoms with Gasteiger partial charge in [-0.05, 0) is 31.6 Å². The topological polar surface area (TPSA) is 20.2 Å². The van der Waals surface area contributed by atoms with Gasteiger partial charge in [-0.3, -0.25) is 0 Å². The van der Waals surface area contributed by atoms with Crippen LogP contribution < -0.4 is 0 Å². The van der Waals surface area contributed by atoms with Crippen molar-refractivity contribution < 1.29 is 5.11 Å². The number of hydrogen-bond donors (Lipinski definition) is 1. The predicted molar refractivity (Wildman–Crippen MR) is 50.0 cm³/mol.